The van der Waals surface area contributed by atoms with Crippen LogP contribution in [-0.4, -0.2) is 16.7 Å². The standard InChI is InChI=1S/C13H13N3OS/c1-10-15-16-13(17-10)18-9-12-6-4-11(5-7-12)3-2-8-14/h4-7H,8-9,14H2,1H3. The highest BCUT2D eigenvalue weighted by Gasteiger charge is 2.03. The van der Waals surface area contributed by atoms with E-state index >= 15 is 0 Å². The summed E-state index contributed by atoms with van der Waals surface area (Å²) in [5.41, 5.74) is 7.48. The van der Waals surface area contributed by atoms with Gasteiger partial charge in [-0.2, -0.15) is 0 Å². The highest BCUT2D eigenvalue weighted by Crippen LogP contribution is 2.21. The van der Waals surface area contributed by atoms with Gasteiger partial charge < -0.3 is 10.2 Å². The molecule has 0 aliphatic heterocycles. The topological polar surface area (TPSA) is 64.9 Å². The molecule has 0 bridgehead atoms. The molecular formula is C13H13N3OS. The zero-order valence-corrected chi connectivity index (χ0v) is 10.8. The number of rotatable bonds is 3. The maximum absolute atomic E-state index is 5.32. The van der Waals surface area contributed by atoms with Crippen molar-refractivity contribution < 1.29 is 4.42 Å². The minimum Gasteiger partial charge on any atom is -0.416 e. The quantitative estimate of drug-likeness (QED) is 0.674. The molecule has 18 heavy (non-hydrogen) atoms. The van der Waals surface area contributed by atoms with Gasteiger partial charge >= 0.3 is 0 Å². The molecule has 1 aromatic carbocycles. The lowest BCUT2D eigenvalue weighted by atomic mass is 10.1. The number of nitrogens with two attached hydrogens (primary N) is 1. The molecular weight excluding hydrogens is 246 g/mol. The number of benzene rings is 1. The number of nitrogens with zero attached hydrogens (tertiary/aromatic N) is 2. The van der Waals surface area contributed by atoms with Crippen molar-refractivity contribution in [1.82, 2.24) is 10.2 Å². The SMILES string of the molecule is Cc1nnc(SCc2ccc(C#CCN)cc2)o1. The van der Waals surface area contributed by atoms with Crippen molar-refractivity contribution in [1.29, 1.82) is 0 Å². The third kappa shape index (κ3) is 3.62. The van der Waals surface area contributed by atoms with E-state index in [-0.39, 0.29) is 0 Å². The second kappa shape index (κ2) is 6.24. The third-order valence-corrected chi connectivity index (χ3v) is 3.05. The maximum Gasteiger partial charge on any atom is 0.276 e. The van der Waals surface area contributed by atoms with E-state index in [9.17, 15) is 0 Å². The molecule has 0 spiro atoms. The highest BCUT2D eigenvalue weighted by atomic mass is 32.2. The summed E-state index contributed by atoms with van der Waals surface area (Å²) < 4.78 is 5.29. The summed E-state index contributed by atoms with van der Waals surface area (Å²) in [7, 11) is 0. The summed E-state index contributed by atoms with van der Waals surface area (Å²) in [6.07, 6.45) is 0. The molecule has 0 radical (unpaired) electrons. The van der Waals surface area contributed by atoms with Crippen molar-refractivity contribution in [2.24, 2.45) is 5.73 Å². The van der Waals surface area contributed by atoms with Crippen LogP contribution in [0.2, 0.25) is 0 Å². The van der Waals surface area contributed by atoms with Gasteiger partial charge in [-0.1, -0.05) is 35.7 Å². The molecule has 92 valence electrons. The number of hydrogen-bond acceptors (Lipinski definition) is 5. The van der Waals surface area contributed by atoms with E-state index in [1.54, 1.807) is 6.92 Å². The van der Waals surface area contributed by atoms with Crippen molar-refractivity contribution in [3.63, 3.8) is 0 Å². The monoisotopic (exact) mass is 259 g/mol. The molecule has 0 unspecified atom stereocenters. The fourth-order valence-electron chi connectivity index (χ4n) is 1.32. The van der Waals surface area contributed by atoms with Crippen LogP contribution in [0.4, 0.5) is 0 Å². The molecule has 2 N–H and O–H groups in total. The molecule has 2 aromatic rings. The number of thioether (sulfide) groups is 1. The van der Waals surface area contributed by atoms with Gasteiger partial charge in [-0.15, -0.1) is 10.2 Å². The van der Waals surface area contributed by atoms with Crippen molar-refractivity contribution in [3.05, 3.63) is 41.3 Å². The first-order chi connectivity index (χ1) is 8.78. The number of hydrogen-bond donors (Lipinski definition) is 1. The molecule has 0 saturated heterocycles. The lowest BCUT2D eigenvalue weighted by Gasteiger charge is -1.98. The summed E-state index contributed by atoms with van der Waals surface area (Å²) in [6.45, 7) is 2.16. The van der Waals surface area contributed by atoms with Crippen LogP contribution in [0.15, 0.2) is 33.9 Å². The van der Waals surface area contributed by atoms with E-state index in [1.807, 2.05) is 24.3 Å². The van der Waals surface area contributed by atoms with Crippen LogP contribution >= 0.6 is 11.8 Å². The smallest absolute Gasteiger partial charge is 0.276 e. The molecule has 0 saturated carbocycles. The Kier molecular flexibility index (Phi) is 4.40. The Morgan fingerprint density at radius 1 is 1.28 bits per heavy atom. The molecule has 0 fully saturated rings. The minimum absolute atomic E-state index is 0.383. The predicted molar refractivity (Wildman–Crippen MR) is 71.0 cm³/mol. The Labute approximate surface area is 110 Å². The van der Waals surface area contributed by atoms with Crippen LogP contribution in [0.25, 0.3) is 0 Å². The van der Waals surface area contributed by atoms with Gasteiger partial charge in [0.1, 0.15) is 0 Å². The van der Waals surface area contributed by atoms with Crippen LogP contribution < -0.4 is 5.73 Å². The van der Waals surface area contributed by atoms with E-state index in [4.69, 9.17) is 10.2 Å². The number of aryl methyl sites for hydroxylation is 1. The van der Waals surface area contributed by atoms with Crippen LogP contribution in [0.5, 0.6) is 0 Å². The van der Waals surface area contributed by atoms with Gasteiger partial charge in [0.05, 0.1) is 6.54 Å². The normalized spacial score (nSPS) is 9.89. The fraction of sp³-hybridized carbons (Fsp3) is 0.231. The molecule has 1 heterocycles. The fourth-order valence-corrected chi connectivity index (χ4v) is 2.08. The second-order valence-corrected chi connectivity index (χ2v) is 4.51. The molecule has 0 amide bonds. The Hall–Kier alpha value is -1.77. The average molecular weight is 259 g/mol. The average Bonchev–Trinajstić information content (AvgIpc) is 2.81. The van der Waals surface area contributed by atoms with Gasteiger partial charge in [0.2, 0.25) is 5.89 Å². The first-order valence-electron chi connectivity index (χ1n) is 5.48. The maximum atomic E-state index is 5.32. The van der Waals surface area contributed by atoms with Crippen molar-refractivity contribution in [3.8, 4) is 11.8 Å². The van der Waals surface area contributed by atoms with Crippen molar-refractivity contribution in [2.75, 3.05) is 6.54 Å². The molecule has 0 aliphatic rings. The first kappa shape index (κ1) is 12.7. The molecule has 2 rings (SSSR count). The van der Waals surface area contributed by atoms with Crippen molar-refractivity contribution in [2.45, 2.75) is 17.9 Å². The van der Waals surface area contributed by atoms with Gasteiger partial charge in [0, 0.05) is 18.2 Å². The summed E-state index contributed by atoms with van der Waals surface area (Å²) >= 11 is 1.52. The summed E-state index contributed by atoms with van der Waals surface area (Å²) in [4.78, 5) is 0. The predicted octanol–water partition coefficient (Wildman–Crippen LogP) is 1.98. The third-order valence-electron chi connectivity index (χ3n) is 2.16. The summed E-state index contributed by atoms with van der Waals surface area (Å²) in [5.74, 6) is 7.20. The Bertz CT molecular complexity index is 566. The van der Waals surface area contributed by atoms with E-state index < -0.39 is 0 Å². The van der Waals surface area contributed by atoms with Crippen LogP contribution in [0.1, 0.15) is 17.0 Å². The molecule has 1 aromatic heterocycles. The molecule has 0 aliphatic carbocycles. The molecule has 0 atom stereocenters. The largest absolute Gasteiger partial charge is 0.416 e. The molecule has 4 nitrogen and oxygen atoms in total. The Morgan fingerprint density at radius 3 is 2.67 bits per heavy atom. The van der Waals surface area contributed by atoms with E-state index in [1.165, 1.54) is 17.3 Å². The van der Waals surface area contributed by atoms with E-state index in [2.05, 4.69) is 22.0 Å². The van der Waals surface area contributed by atoms with Gasteiger partial charge in [-0.25, -0.2) is 0 Å². The van der Waals surface area contributed by atoms with Crippen molar-refractivity contribution >= 4 is 11.8 Å². The van der Waals surface area contributed by atoms with E-state index in [0.29, 0.717) is 17.7 Å². The van der Waals surface area contributed by atoms with Gasteiger partial charge in [0.25, 0.3) is 5.22 Å². The molecule has 5 heteroatoms. The zero-order valence-electron chi connectivity index (χ0n) is 10.0. The van der Waals surface area contributed by atoms with Gasteiger partial charge in [-0.05, 0) is 17.7 Å². The van der Waals surface area contributed by atoms with Gasteiger partial charge in [-0.3, -0.25) is 0 Å². The lowest BCUT2D eigenvalue weighted by molar-refractivity contribution is 0.429. The van der Waals surface area contributed by atoms with Crippen LogP contribution in [0, 0.1) is 18.8 Å². The summed E-state index contributed by atoms with van der Waals surface area (Å²) in [5, 5.41) is 8.30. The number of aromatic nitrogens is 2. The van der Waals surface area contributed by atoms with E-state index in [0.717, 1.165) is 11.3 Å². The Balaban J connectivity index is 1.94. The van der Waals surface area contributed by atoms with Crippen LogP contribution in [-0.2, 0) is 5.75 Å². The Morgan fingerprint density at radius 2 is 2.06 bits per heavy atom. The minimum atomic E-state index is 0.383. The second-order valence-electron chi connectivity index (χ2n) is 3.58. The summed E-state index contributed by atoms with van der Waals surface area (Å²) in [6, 6.07) is 8.04. The highest BCUT2D eigenvalue weighted by molar-refractivity contribution is 7.98. The first-order valence-corrected chi connectivity index (χ1v) is 6.47. The zero-order chi connectivity index (χ0) is 12.8. The van der Waals surface area contributed by atoms with Crippen LogP contribution in [0.3, 0.4) is 0 Å². The lowest BCUT2D eigenvalue weighted by Crippen LogP contribution is -1.93. The van der Waals surface area contributed by atoms with Gasteiger partial charge in [0.15, 0.2) is 0 Å².